The van der Waals surface area contributed by atoms with Crippen LogP contribution >= 0.6 is 11.3 Å². The Hall–Kier alpha value is -5.11. The molecule has 2 aliphatic heterocycles. The Labute approximate surface area is 256 Å². The number of hydrogen-bond acceptors (Lipinski definition) is 8. The van der Waals surface area contributed by atoms with E-state index >= 15 is 0 Å². The van der Waals surface area contributed by atoms with Gasteiger partial charge in [0.15, 0.2) is 0 Å². The quantitative estimate of drug-likeness (QED) is 0.223. The number of nitrogens with zero attached hydrogens (tertiary/aromatic N) is 1. The lowest BCUT2D eigenvalue weighted by Crippen LogP contribution is -2.55. The van der Waals surface area contributed by atoms with Crippen LogP contribution in [0.2, 0.25) is 0 Å². The summed E-state index contributed by atoms with van der Waals surface area (Å²) in [5.41, 5.74) is 1.49. The molecule has 44 heavy (non-hydrogen) atoms. The van der Waals surface area contributed by atoms with Crippen LogP contribution in [-0.4, -0.2) is 70.3 Å². The molecule has 0 radical (unpaired) electrons. The standard InChI is InChI=1S/C30H32N6O7S/c37-25-10-11-26(38)34-23(16-21-5-3-13-44-21)28(40)32-17-27(39)35-22(15-20-4-1-2-12-31-20)29(41)36-24(30(42)43)14-18-6-8-19(33-25)9-7-18/h1-9,12-13,22-24H,10-11,14-17H2,(H,32,40)(H,33,37)(H,34,38)(H,35,39)(H,36,41)(H,42,43)/t22-,23+,24-/m0/s1. The fourth-order valence-corrected chi connectivity index (χ4v) is 5.21. The van der Waals surface area contributed by atoms with Gasteiger partial charge in [0.25, 0.3) is 0 Å². The van der Waals surface area contributed by atoms with Crippen LogP contribution < -0.4 is 26.6 Å². The van der Waals surface area contributed by atoms with Gasteiger partial charge in [0.2, 0.25) is 29.5 Å². The number of aromatic nitrogens is 1. The summed E-state index contributed by atoms with van der Waals surface area (Å²) >= 11 is 1.40. The molecule has 1 aromatic carbocycles. The zero-order valence-electron chi connectivity index (χ0n) is 23.6. The molecule has 6 N–H and O–H groups in total. The number of amides is 5. The molecule has 2 bridgehead atoms. The van der Waals surface area contributed by atoms with Crippen LogP contribution in [-0.2, 0) is 48.0 Å². The predicted molar refractivity (Wildman–Crippen MR) is 160 cm³/mol. The van der Waals surface area contributed by atoms with E-state index in [4.69, 9.17) is 0 Å². The van der Waals surface area contributed by atoms with Crippen molar-refractivity contribution in [3.05, 3.63) is 82.3 Å². The van der Waals surface area contributed by atoms with E-state index in [0.29, 0.717) is 16.9 Å². The fourth-order valence-electron chi connectivity index (χ4n) is 4.46. The van der Waals surface area contributed by atoms with Crippen molar-refractivity contribution in [3.63, 3.8) is 0 Å². The number of nitrogens with one attached hydrogen (secondary N) is 5. The van der Waals surface area contributed by atoms with Crippen LogP contribution in [0, 0.1) is 0 Å². The highest BCUT2D eigenvalue weighted by Gasteiger charge is 2.28. The van der Waals surface area contributed by atoms with Crippen LogP contribution in [0.3, 0.4) is 0 Å². The van der Waals surface area contributed by atoms with Gasteiger partial charge in [0.05, 0.1) is 6.54 Å². The minimum atomic E-state index is -1.32. The van der Waals surface area contributed by atoms with Gasteiger partial charge in [-0.2, -0.15) is 0 Å². The number of carboxylic acids is 1. The molecule has 0 saturated carbocycles. The number of carbonyl (C=O) groups excluding carboxylic acids is 5. The second-order valence-electron chi connectivity index (χ2n) is 10.1. The number of fused-ring (bicyclic) bond motifs is 18. The van der Waals surface area contributed by atoms with E-state index in [2.05, 4.69) is 31.6 Å². The minimum Gasteiger partial charge on any atom is -0.480 e. The second kappa shape index (κ2) is 15.4. The number of benzene rings is 1. The average Bonchev–Trinajstić information content (AvgIpc) is 3.52. The first kappa shape index (κ1) is 31.8. The van der Waals surface area contributed by atoms with Crippen molar-refractivity contribution in [3.8, 4) is 0 Å². The molecule has 13 nitrogen and oxygen atoms in total. The highest BCUT2D eigenvalue weighted by atomic mass is 32.1. The topological polar surface area (TPSA) is 196 Å². The molecule has 2 aromatic heterocycles. The summed E-state index contributed by atoms with van der Waals surface area (Å²) in [6.45, 7) is -0.515. The summed E-state index contributed by atoms with van der Waals surface area (Å²) in [6, 6.07) is 11.5. The summed E-state index contributed by atoms with van der Waals surface area (Å²) in [5, 5.41) is 24.5. The first-order chi connectivity index (χ1) is 21.2. The number of carboxylic acid groups (broad SMARTS) is 1. The molecule has 5 rings (SSSR count). The Kier molecular flexibility index (Phi) is 11.1. The summed E-state index contributed by atoms with van der Waals surface area (Å²) in [5.74, 6) is -4.31. The van der Waals surface area contributed by atoms with Crippen molar-refractivity contribution in [1.82, 2.24) is 26.3 Å². The number of thiophene rings is 1. The van der Waals surface area contributed by atoms with Gasteiger partial charge in [-0.1, -0.05) is 24.3 Å². The lowest BCUT2D eigenvalue weighted by atomic mass is 10.0. The fraction of sp³-hybridized carbons (Fsp3) is 0.300. The number of aliphatic carboxylic acids is 1. The molecule has 230 valence electrons. The molecule has 0 fully saturated rings. The number of pyridine rings is 1. The van der Waals surface area contributed by atoms with E-state index in [-0.39, 0.29) is 32.1 Å². The maximum Gasteiger partial charge on any atom is 0.326 e. The molecule has 0 aliphatic carbocycles. The molecule has 3 aromatic rings. The first-order valence-corrected chi connectivity index (χ1v) is 14.7. The molecule has 0 spiro atoms. The van der Waals surface area contributed by atoms with Crippen LogP contribution in [0.15, 0.2) is 66.2 Å². The molecule has 0 saturated heterocycles. The van der Waals surface area contributed by atoms with Crippen molar-refractivity contribution in [2.24, 2.45) is 0 Å². The highest BCUT2D eigenvalue weighted by Crippen LogP contribution is 2.14. The zero-order chi connectivity index (χ0) is 31.5. The molecule has 2 aliphatic rings. The molecule has 4 heterocycles. The summed E-state index contributed by atoms with van der Waals surface area (Å²) in [6.07, 6.45) is 1.26. The van der Waals surface area contributed by atoms with Crippen molar-refractivity contribution < 1.29 is 33.9 Å². The Morgan fingerprint density at radius 2 is 1.55 bits per heavy atom. The van der Waals surface area contributed by atoms with Gasteiger partial charge in [0.1, 0.15) is 18.1 Å². The first-order valence-electron chi connectivity index (χ1n) is 13.9. The van der Waals surface area contributed by atoms with Gasteiger partial charge in [-0.25, -0.2) is 4.79 Å². The predicted octanol–water partition coefficient (Wildman–Crippen LogP) is 0.559. The van der Waals surface area contributed by atoms with Crippen molar-refractivity contribution in [2.75, 3.05) is 11.9 Å². The summed E-state index contributed by atoms with van der Waals surface area (Å²) in [4.78, 5) is 81.6. The Bertz CT molecular complexity index is 1480. The molecule has 14 heteroatoms. The van der Waals surface area contributed by atoms with Gasteiger partial charge in [-0.05, 0) is 41.3 Å². The lowest BCUT2D eigenvalue weighted by Gasteiger charge is -2.22. The Morgan fingerprint density at radius 1 is 0.818 bits per heavy atom. The molecule has 0 unspecified atom stereocenters. The lowest BCUT2D eigenvalue weighted by molar-refractivity contribution is -0.142. The highest BCUT2D eigenvalue weighted by molar-refractivity contribution is 7.09. The van der Waals surface area contributed by atoms with Crippen LogP contribution in [0.1, 0.15) is 29.0 Å². The smallest absolute Gasteiger partial charge is 0.326 e. The van der Waals surface area contributed by atoms with E-state index in [0.717, 1.165) is 4.88 Å². The second-order valence-corrected chi connectivity index (χ2v) is 11.1. The van der Waals surface area contributed by atoms with Gasteiger partial charge in [-0.3, -0.25) is 29.0 Å². The monoisotopic (exact) mass is 620 g/mol. The van der Waals surface area contributed by atoms with Gasteiger partial charge < -0.3 is 31.7 Å². The van der Waals surface area contributed by atoms with Crippen LogP contribution in [0.4, 0.5) is 5.69 Å². The number of rotatable bonds is 5. The van der Waals surface area contributed by atoms with E-state index in [1.807, 2.05) is 5.38 Å². The van der Waals surface area contributed by atoms with E-state index in [9.17, 15) is 33.9 Å². The van der Waals surface area contributed by atoms with Crippen molar-refractivity contribution in [2.45, 2.75) is 50.2 Å². The Morgan fingerprint density at radius 3 is 2.23 bits per heavy atom. The molecular weight excluding hydrogens is 588 g/mol. The third-order valence-electron chi connectivity index (χ3n) is 6.72. The van der Waals surface area contributed by atoms with Crippen molar-refractivity contribution >= 4 is 52.5 Å². The average molecular weight is 621 g/mol. The number of hydrogen-bond donors (Lipinski definition) is 6. The normalized spacial score (nSPS) is 20.7. The molecule has 3 atom stereocenters. The molecular formula is C30H32N6O7S. The summed E-state index contributed by atoms with van der Waals surface area (Å²) in [7, 11) is 0. The maximum absolute atomic E-state index is 13.3. The van der Waals surface area contributed by atoms with Gasteiger partial charge >= 0.3 is 5.97 Å². The van der Waals surface area contributed by atoms with Crippen molar-refractivity contribution in [1.29, 1.82) is 0 Å². The summed E-state index contributed by atoms with van der Waals surface area (Å²) < 4.78 is 0. The minimum absolute atomic E-state index is 0.0375. The SMILES string of the molecule is O=C1CCC(=O)N[C@H](Cc2cccs2)C(=O)NCC(=O)N[C@@H](Cc2ccccn2)C(=O)N[C@H](C(=O)O)Cc2ccc(cc2)N1. The number of anilines is 1. The van der Waals surface area contributed by atoms with Gasteiger partial charge in [0, 0.05) is 54.6 Å². The third kappa shape index (κ3) is 9.73. The zero-order valence-corrected chi connectivity index (χ0v) is 24.4. The van der Waals surface area contributed by atoms with Gasteiger partial charge in [-0.15, -0.1) is 11.3 Å². The van der Waals surface area contributed by atoms with Crippen LogP contribution in [0.5, 0.6) is 0 Å². The van der Waals surface area contributed by atoms with Crippen LogP contribution in [0.25, 0.3) is 0 Å². The third-order valence-corrected chi connectivity index (χ3v) is 7.62. The number of carbonyl (C=O) groups is 6. The van der Waals surface area contributed by atoms with E-state index in [1.54, 1.807) is 54.6 Å². The van der Waals surface area contributed by atoms with E-state index in [1.165, 1.54) is 17.5 Å². The largest absolute Gasteiger partial charge is 0.480 e. The van der Waals surface area contributed by atoms with E-state index < -0.39 is 60.2 Å². The Balaban J connectivity index is 1.58. The molecule has 5 amide bonds. The maximum atomic E-state index is 13.3.